The summed E-state index contributed by atoms with van der Waals surface area (Å²) in [6.07, 6.45) is 0. The van der Waals surface area contributed by atoms with E-state index in [1.165, 1.54) is 0 Å². The van der Waals surface area contributed by atoms with Crippen LogP contribution in [0, 0.1) is 0 Å². The van der Waals surface area contributed by atoms with Crippen molar-refractivity contribution >= 4 is 11.6 Å². The smallest absolute Gasteiger partial charge is 0.257 e. The molecule has 0 aliphatic carbocycles. The molecule has 5 heteroatoms. The number of nitrogens with zero attached hydrogens (tertiary/aromatic N) is 2. The largest absolute Gasteiger partial charge is 0.489 e. The van der Waals surface area contributed by atoms with Gasteiger partial charge in [-0.05, 0) is 12.1 Å². The van der Waals surface area contributed by atoms with Crippen molar-refractivity contribution in [3.8, 4) is 5.75 Å². The SMILES string of the molecule is CN1CCOc2c(cccc2N2CCNCC2)C1=O. The van der Waals surface area contributed by atoms with E-state index in [9.17, 15) is 4.79 Å². The highest BCUT2D eigenvalue weighted by Gasteiger charge is 2.25. The molecule has 19 heavy (non-hydrogen) atoms. The predicted molar refractivity (Wildman–Crippen MR) is 74.0 cm³/mol. The van der Waals surface area contributed by atoms with Crippen molar-refractivity contribution in [2.75, 3.05) is 51.3 Å². The Morgan fingerprint density at radius 2 is 2.00 bits per heavy atom. The molecule has 1 saturated heterocycles. The third-order valence-electron chi connectivity index (χ3n) is 3.70. The molecule has 0 radical (unpaired) electrons. The summed E-state index contributed by atoms with van der Waals surface area (Å²) in [4.78, 5) is 16.3. The number of carbonyl (C=O) groups is 1. The molecule has 0 atom stereocenters. The van der Waals surface area contributed by atoms with Gasteiger partial charge in [-0.15, -0.1) is 0 Å². The lowest BCUT2D eigenvalue weighted by Crippen LogP contribution is -2.43. The van der Waals surface area contributed by atoms with Gasteiger partial charge in [0.05, 0.1) is 17.8 Å². The highest BCUT2D eigenvalue weighted by atomic mass is 16.5. The van der Waals surface area contributed by atoms with Crippen LogP contribution in [0.25, 0.3) is 0 Å². The minimum absolute atomic E-state index is 0.0458. The maximum absolute atomic E-state index is 12.3. The average Bonchev–Trinajstić information content (AvgIpc) is 2.60. The maximum Gasteiger partial charge on any atom is 0.257 e. The summed E-state index contributed by atoms with van der Waals surface area (Å²) in [5.74, 6) is 0.795. The number of fused-ring (bicyclic) bond motifs is 1. The fraction of sp³-hybridized carbons (Fsp3) is 0.500. The lowest BCUT2D eigenvalue weighted by atomic mass is 10.1. The van der Waals surface area contributed by atoms with E-state index in [1.807, 2.05) is 25.2 Å². The Kier molecular flexibility index (Phi) is 3.29. The number of ether oxygens (including phenoxy) is 1. The average molecular weight is 261 g/mol. The zero-order valence-corrected chi connectivity index (χ0v) is 11.2. The van der Waals surface area contributed by atoms with Crippen molar-refractivity contribution in [1.29, 1.82) is 0 Å². The molecular weight excluding hydrogens is 242 g/mol. The zero-order valence-electron chi connectivity index (χ0n) is 11.2. The van der Waals surface area contributed by atoms with E-state index in [2.05, 4.69) is 10.2 Å². The Balaban J connectivity index is 2.00. The van der Waals surface area contributed by atoms with E-state index in [-0.39, 0.29) is 5.91 Å². The highest BCUT2D eigenvalue weighted by molar-refractivity contribution is 5.99. The van der Waals surface area contributed by atoms with Gasteiger partial charge in [0.2, 0.25) is 0 Å². The molecule has 2 aliphatic heterocycles. The van der Waals surface area contributed by atoms with Crippen molar-refractivity contribution < 1.29 is 9.53 Å². The van der Waals surface area contributed by atoms with Gasteiger partial charge in [-0.25, -0.2) is 0 Å². The molecule has 1 N–H and O–H groups in total. The first kappa shape index (κ1) is 12.3. The zero-order chi connectivity index (χ0) is 13.2. The van der Waals surface area contributed by atoms with E-state index in [0.717, 1.165) is 37.6 Å². The molecule has 0 unspecified atom stereocenters. The number of hydrogen-bond donors (Lipinski definition) is 1. The van der Waals surface area contributed by atoms with Crippen LogP contribution in [0.15, 0.2) is 18.2 Å². The highest BCUT2D eigenvalue weighted by Crippen LogP contribution is 2.34. The molecule has 102 valence electrons. The number of para-hydroxylation sites is 1. The minimum Gasteiger partial charge on any atom is -0.489 e. The minimum atomic E-state index is 0.0458. The van der Waals surface area contributed by atoms with Crippen LogP contribution in [0.1, 0.15) is 10.4 Å². The van der Waals surface area contributed by atoms with Crippen molar-refractivity contribution in [3.05, 3.63) is 23.8 Å². The van der Waals surface area contributed by atoms with E-state index in [4.69, 9.17) is 4.74 Å². The first-order chi connectivity index (χ1) is 9.27. The first-order valence-corrected chi connectivity index (χ1v) is 6.74. The Morgan fingerprint density at radius 1 is 1.21 bits per heavy atom. The lowest BCUT2D eigenvalue weighted by Gasteiger charge is -2.31. The number of rotatable bonds is 1. The number of hydrogen-bond acceptors (Lipinski definition) is 4. The van der Waals surface area contributed by atoms with Crippen LogP contribution in [-0.2, 0) is 0 Å². The third kappa shape index (κ3) is 2.26. The van der Waals surface area contributed by atoms with Crippen LogP contribution in [0.4, 0.5) is 5.69 Å². The van der Waals surface area contributed by atoms with Crippen LogP contribution in [0.5, 0.6) is 5.75 Å². The van der Waals surface area contributed by atoms with Crippen molar-refractivity contribution in [1.82, 2.24) is 10.2 Å². The summed E-state index contributed by atoms with van der Waals surface area (Å²) >= 11 is 0. The first-order valence-electron chi connectivity index (χ1n) is 6.74. The number of amides is 1. The number of piperazine rings is 1. The number of carbonyl (C=O) groups excluding carboxylic acids is 1. The molecule has 1 amide bonds. The van der Waals surface area contributed by atoms with Gasteiger partial charge in [0.15, 0.2) is 5.75 Å². The molecular formula is C14H19N3O2. The quantitative estimate of drug-likeness (QED) is 0.802. The molecule has 0 aromatic heterocycles. The molecule has 1 aromatic carbocycles. The summed E-state index contributed by atoms with van der Waals surface area (Å²) < 4.78 is 5.85. The van der Waals surface area contributed by atoms with Crippen molar-refractivity contribution in [2.45, 2.75) is 0 Å². The topological polar surface area (TPSA) is 44.8 Å². The van der Waals surface area contributed by atoms with E-state index < -0.39 is 0 Å². The molecule has 0 bridgehead atoms. The molecule has 0 saturated carbocycles. The van der Waals surface area contributed by atoms with Gasteiger partial charge >= 0.3 is 0 Å². The summed E-state index contributed by atoms with van der Waals surface area (Å²) in [6, 6.07) is 5.84. The summed E-state index contributed by atoms with van der Waals surface area (Å²) in [5.41, 5.74) is 1.72. The third-order valence-corrected chi connectivity index (χ3v) is 3.70. The number of anilines is 1. The summed E-state index contributed by atoms with van der Waals surface area (Å²) in [6.45, 7) is 5.02. The van der Waals surface area contributed by atoms with E-state index in [0.29, 0.717) is 18.7 Å². The van der Waals surface area contributed by atoms with Gasteiger partial charge in [-0.3, -0.25) is 4.79 Å². The Hall–Kier alpha value is -1.75. The standard InChI is InChI=1S/C14H19N3O2/c1-16-9-10-19-13-11(14(16)18)3-2-4-12(13)17-7-5-15-6-8-17/h2-4,15H,5-10H2,1H3. The molecule has 2 heterocycles. The second kappa shape index (κ2) is 5.09. The summed E-state index contributed by atoms with van der Waals surface area (Å²) in [7, 11) is 1.82. The Bertz CT molecular complexity index is 484. The van der Waals surface area contributed by atoms with Gasteiger partial charge in [-0.2, -0.15) is 0 Å². The van der Waals surface area contributed by atoms with Crippen LogP contribution in [0.3, 0.4) is 0 Å². The predicted octanol–water partition coefficient (Wildman–Crippen LogP) is 0.561. The van der Waals surface area contributed by atoms with Crippen LogP contribution < -0.4 is 15.0 Å². The van der Waals surface area contributed by atoms with Crippen LogP contribution >= 0.6 is 0 Å². The van der Waals surface area contributed by atoms with Crippen LogP contribution in [0.2, 0.25) is 0 Å². The fourth-order valence-electron chi connectivity index (χ4n) is 2.59. The number of likely N-dealkylation sites (N-methyl/N-ethyl adjacent to an activating group) is 1. The second-order valence-electron chi connectivity index (χ2n) is 4.97. The van der Waals surface area contributed by atoms with Gasteiger partial charge in [-0.1, -0.05) is 6.07 Å². The van der Waals surface area contributed by atoms with Gasteiger partial charge in [0, 0.05) is 33.2 Å². The van der Waals surface area contributed by atoms with Gasteiger partial charge < -0.3 is 19.9 Å². The van der Waals surface area contributed by atoms with E-state index in [1.54, 1.807) is 4.90 Å². The normalized spacial score (nSPS) is 19.7. The van der Waals surface area contributed by atoms with Crippen molar-refractivity contribution in [3.63, 3.8) is 0 Å². The maximum atomic E-state index is 12.3. The molecule has 0 spiro atoms. The van der Waals surface area contributed by atoms with E-state index >= 15 is 0 Å². The monoisotopic (exact) mass is 261 g/mol. The van der Waals surface area contributed by atoms with Gasteiger partial charge in [0.25, 0.3) is 5.91 Å². The molecule has 1 aromatic rings. The number of benzene rings is 1. The van der Waals surface area contributed by atoms with Crippen LogP contribution in [-0.4, -0.2) is 57.2 Å². The molecule has 5 nitrogen and oxygen atoms in total. The Labute approximate surface area is 113 Å². The lowest BCUT2D eigenvalue weighted by molar-refractivity contribution is 0.0797. The summed E-state index contributed by atoms with van der Waals surface area (Å²) in [5, 5.41) is 3.34. The van der Waals surface area contributed by atoms with Crippen molar-refractivity contribution in [2.24, 2.45) is 0 Å². The Morgan fingerprint density at radius 3 is 2.79 bits per heavy atom. The fourth-order valence-corrected chi connectivity index (χ4v) is 2.59. The second-order valence-corrected chi connectivity index (χ2v) is 4.97. The molecule has 3 rings (SSSR count). The number of nitrogens with one attached hydrogen (secondary N) is 1. The molecule has 1 fully saturated rings. The molecule has 2 aliphatic rings. The van der Waals surface area contributed by atoms with Gasteiger partial charge in [0.1, 0.15) is 6.61 Å².